The predicted octanol–water partition coefficient (Wildman–Crippen LogP) is 3.99. The standard InChI is InChI=1S/C22H21N3O4S/c1-2-29-21(28)12-18-14-30-22(24-18)25-23-13-15-7-9-16(10-8-15)19-6-4-3-5-17(19)11-20(26)27/h3-10,13-14H,2,11-12H2,1H3,(H,24,25)(H,26,27). The minimum absolute atomic E-state index is 0.0186. The van der Waals surface area contributed by atoms with Gasteiger partial charge in [-0.2, -0.15) is 5.10 Å². The van der Waals surface area contributed by atoms with Crippen molar-refractivity contribution < 1.29 is 19.4 Å². The molecule has 3 rings (SSSR count). The maximum absolute atomic E-state index is 11.5. The summed E-state index contributed by atoms with van der Waals surface area (Å²) in [5.41, 5.74) is 6.99. The molecule has 0 spiro atoms. The number of hydrogen-bond donors (Lipinski definition) is 2. The Morgan fingerprint density at radius 1 is 1.17 bits per heavy atom. The van der Waals surface area contributed by atoms with Gasteiger partial charge in [-0.15, -0.1) is 11.3 Å². The van der Waals surface area contributed by atoms with Crippen LogP contribution in [0, 0.1) is 0 Å². The monoisotopic (exact) mass is 423 g/mol. The molecule has 7 nitrogen and oxygen atoms in total. The van der Waals surface area contributed by atoms with E-state index in [1.807, 2.05) is 48.5 Å². The number of carboxylic acids is 1. The van der Waals surface area contributed by atoms with Gasteiger partial charge in [-0.3, -0.25) is 15.0 Å². The molecule has 154 valence electrons. The van der Waals surface area contributed by atoms with Crippen molar-refractivity contribution in [3.63, 3.8) is 0 Å². The van der Waals surface area contributed by atoms with Gasteiger partial charge in [-0.1, -0.05) is 48.5 Å². The molecule has 0 fully saturated rings. The van der Waals surface area contributed by atoms with E-state index in [0.717, 1.165) is 22.3 Å². The van der Waals surface area contributed by atoms with Gasteiger partial charge in [0.15, 0.2) is 0 Å². The Labute approximate surface area is 178 Å². The Balaban J connectivity index is 1.61. The first-order valence-electron chi connectivity index (χ1n) is 9.34. The molecule has 0 radical (unpaired) electrons. The molecule has 0 bridgehead atoms. The van der Waals surface area contributed by atoms with Gasteiger partial charge >= 0.3 is 11.9 Å². The van der Waals surface area contributed by atoms with Crippen LogP contribution in [0.2, 0.25) is 0 Å². The van der Waals surface area contributed by atoms with Gasteiger partial charge < -0.3 is 9.84 Å². The van der Waals surface area contributed by atoms with Crippen molar-refractivity contribution in [2.45, 2.75) is 19.8 Å². The van der Waals surface area contributed by atoms with Crippen LogP contribution in [-0.4, -0.2) is 34.9 Å². The number of rotatable bonds is 9. The first kappa shape index (κ1) is 21.2. The Hall–Kier alpha value is -3.52. The maximum atomic E-state index is 11.5. The van der Waals surface area contributed by atoms with E-state index in [-0.39, 0.29) is 18.8 Å². The predicted molar refractivity (Wildman–Crippen MR) is 117 cm³/mol. The second-order valence-corrected chi connectivity index (χ2v) is 7.20. The molecular formula is C22H21N3O4S. The number of nitrogens with zero attached hydrogens (tertiary/aromatic N) is 2. The maximum Gasteiger partial charge on any atom is 0.311 e. The van der Waals surface area contributed by atoms with Gasteiger partial charge in [0.05, 0.1) is 31.4 Å². The normalized spacial score (nSPS) is 10.8. The topological polar surface area (TPSA) is 101 Å². The number of aromatic nitrogens is 1. The van der Waals surface area contributed by atoms with Gasteiger partial charge in [0.25, 0.3) is 0 Å². The van der Waals surface area contributed by atoms with Crippen molar-refractivity contribution in [3.8, 4) is 11.1 Å². The molecule has 0 aliphatic heterocycles. The largest absolute Gasteiger partial charge is 0.481 e. The number of anilines is 1. The highest BCUT2D eigenvalue weighted by Gasteiger charge is 2.09. The third-order valence-corrected chi connectivity index (χ3v) is 4.93. The fraction of sp³-hybridized carbons (Fsp3) is 0.182. The average Bonchev–Trinajstić information content (AvgIpc) is 3.16. The second kappa shape index (κ2) is 10.3. The molecule has 0 saturated carbocycles. The summed E-state index contributed by atoms with van der Waals surface area (Å²) in [6.45, 7) is 2.12. The van der Waals surface area contributed by atoms with E-state index in [9.17, 15) is 9.59 Å². The number of carbonyl (C=O) groups excluding carboxylic acids is 1. The van der Waals surface area contributed by atoms with E-state index < -0.39 is 5.97 Å². The van der Waals surface area contributed by atoms with E-state index in [1.54, 1.807) is 18.5 Å². The molecule has 0 saturated heterocycles. The molecule has 8 heteroatoms. The Morgan fingerprint density at radius 2 is 1.93 bits per heavy atom. The average molecular weight is 423 g/mol. The third-order valence-electron chi connectivity index (χ3n) is 4.14. The number of ether oxygens (including phenoxy) is 1. The molecule has 1 heterocycles. The highest BCUT2D eigenvalue weighted by molar-refractivity contribution is 7.13. The number of aliphatic carboxylic acids is 1. The van der Waals surface area contributed by atoms with Crippen molar-refractivity contribution in [3.05, 3.63) is 70.7 Å². The summed E-state index contributed by atoms with van der Waals surface area (Å²) in [5, 5.41) is 15.6. The number of thiazole rings is 1. The second-order valence-electron chi connectivity index (χ2n) is 6.35. The lowest BCUT2D eigenvalue weighted by atomic mass is 9.97. The first-order valence-corrected chi connectivity index (χ1v) is 10.2. The molecule has 0 unspecified atom stereocenters. The van der Waals surface area contributed by atoms with Crippen LogP contribution in [0.5, 0.6) is 0 Å². The fourth-order valence-corrected chi connectivity index (χ4v) is 3.49. The van der Waals surface area contributed by atoms with Crippen LogP contribution < -0.4 is 5.43 Å². The number of esters is 1. The smallest absolute Gasteiger partial charge is 0.311 e. The van der Waals surface area contributed by atoms with Crippen LogP contribution in [0.1, 0.15) is 23.7 Å². The Kier molecular flexibility index (Phi) is 7.29. The number of carboxylic acid groups (broad SMARTS) is 1. The highest BCUT2D eigenvalue weighted by atomic mass is 32.1. The molecule has 0 aliphatic rings. The molecule has 2 aromatic carbocycles. The molecule has 3 aromatic rings. The highest BCUT2D eigenvalue weighted by Crippen LogP contribution is 2.24. The van der Waals surface area contributed by atoms with E-state index in [0.29, 0.717) is 17.4 Å². The summed E-state index contributed by atoms with van der Waals surface area (Å²) in [6.07, 6.45) is 1.79. The minimum Gasteiger partial charge on any atom is -0.481 e. The van der Waals surface area contributed by atoms with Gasteiger partial charge in [-0.05, 0) is 29.2 Å². The lowest BCUT2D eigenvalue weighted by molar-refractivity contribution is -0.142. The van der Waals surface area contributed by atoms with Gasteiger partial charge in [0, 0.05) is 5.38 Å². The van der Waals surface area contributed by atoms with Crippen molar-refractivity contribution in [1.29, 1.82) is 0 Å². The van der Waals surface area contributed by atoms with Crippen LogP contribution in [0.25, 0.3) is 11.1 Å². The quantitative estimate of drug-likeness (QED) is 0.307. The zero-order valence-corrected chi connectivity index (χ0v) is 17.2. The van der Waals surface area contributed by atoms with Gasteiger partial charge in [0.2, 0.25) is 5.13 Å². The van der Waals surface area contributed by atoms with Crippen molar-refractivity contribution in [2.75, 3.05) is 12.0 Å². The summed E-state index contributed by atoms with van der Waals surface area (Å²) < 4.78 is 4.91. The SMILES string of the molecule is CCOC(=O)Cc1csc(NN=Cc2ccc(-c3ccccc3CC(=O)O)cc2)n1. The zero-order valence-electron chi connectivity index (χ0n) is 16.4. The summed E-state index contributed by atoms with van der Waals surface area (Å²) >= 11 is 1.36. The lowest BCUT2D eigenvalue weighted by Gasteiger charge is -2.08. The zero-order chi connectivity index (χ0) is 21.3. The van der Waals surface area contributed by atoms with Crippen LogP contribution in [-0.2, 0) is 27.2 Å². The van der Waals surface area contributed by atoms with E-state index >= 15 is 0 Å². The number of nitrogens with one attached hydrogen (secondary N) is 1. The van der Waals surface area contributed by atoms with Crippen LogP contribution in [0.15, 0.2) is 59.0 Å². The number of carbonyl (C=O) groups is 2. The summed E-state index contributed by atoms with van der Waals surface area (Å²) in [5.74, 6) is -1.16. The van der Waals surface area contributed by atoms with E-state index in [4.69, 9.17) is 9.84 Å². The molecule has 0 atom stereocenters. The molecule has 0 aliphatic carbocycles. The Bertz CT molecular complexity index is 1040. The van der Waals surface area contributed by atoms with Gasteiger partial charge in [0.1, 0.15) is 0 Å². The Morgan fingerprint density at radius 3 is 2.67 bits per heavy atom. The van der Waals surface area contributed by atoms with Gasteiger partial charge in [-0.25, -0.2) is 4.98 Å². The molecular weight excluding hydrogens is 402 g/mol. The number of hydrazone groups is 1. The fourth-order valence-electron chi connectivity index (χ4n) is 2.83. The third kappa shape index (κ3) is 5.99. The summed E-state index contributed by atoms with van der Waals surface area (Å²) in [6, 6.07) is 15.2. The molecule has 0 amide bonds. The van der Waals surface area contributed by atoms with Crippen LogP contribution in [0.4, 0.5) is 5.13 Å². The van der Waals surface area contributed by atoms with E-state index in [1.165, 1.54) is 11.3 Å². The number of hydrogen-bond acceptors (Lipinski definition) is 7. The summed E-state index contributed by atoms with van der Waals surface area (Å²) in [7, 11) is 0. The van der Waals surface area contributed by atoms with Crippen molar-refractivity contribution in [2.24, 2.45) is 5.10 Å². The summed E-state index contributed by atoms with van der Waals surface area (Å²) in [4.78, 5) is 26.9. The van der Waals surface area contributed by atoms with Crippen molar-refractivity contribution >= 4 is 34.6 Å². The molecule has 1 aromatic heterocycles. The minimum atomic E-state index is -0.857. The van der Waals surface area contributed by atoms with Crippen LogP contribution >= 0.6 is 11.3 Å². The number of benzene rings is 2. The van der Waals surface area contributed by atoms with Crippen molar-refractivity contribution in [1.82, 2.24) is 4.98 Å². The first-order chi connectivity index (χ1) is 14.5. The molecule has 30 heavy (non-hydrogen) atoms. The lowest BCUT2D eigenvalue weighted by Crippen LogP contribution is -2.07. The van der Waals surface area contributed by atoms with Crippen LogP contribution in [0.3, 0.4) is 0 Å². The molecule has 2 N–H and O–H groups in total. The van der Waals surface area contributed by atoms with E-state index in [2.05, 4.69) is 15.5 Å².